The molecule has 7 nitrogen and oxygen atoms in total. The van der Waals surface area contributed by atoms with E-state index in [1.54, 1.807) is 23.0 Å². The van der Waals surface area contributed by atoms with Crippen molar-refractivity contribution in [3.8, 4) is 0 Å². The average molecular weight is 316 g/mol. The minimum absolute atomic E-state index is 0.139. The van der Waals surface area contributed by atoms with E-state index in [9.17, 15) is 9.59 Å². The van der Waals surface area contributed by atoms with Gasteiger partial charge in [0.15, 0.2) is 11.0 Å². The smallest absolute Gasteiger partial charge is 0.317 e. The Morgan fingerprint density at radius 2 is 1.95 bits per heavy atom. The van der Waals surface area contributed by atoms with Crippen LogP contribution in [-0.2, 0) is 4.74 Å². The first kappa shape index (κ1) is 15.7. The second-order valence-electron chi connectivity index (χ2n) is 4.61. The standard InChI is InChI=1S/C13H18ClN3O4/c1-20-9-4-15-13(19)17-7-5-16(6-8-17)12(18)10-2-3-11(14)21-10/h2-3H,4-9H2,1H3,(H,15,19). The van der Waals surface area contributed by atoms with Crippen LogP contribution in [0.1, 0.15) is 10.6 Å². The number of urea groups is 1. The maximum atomic E-state index is 12.1. The number of hydrogen-bond donors (Lipinski definition) is 1. The molecule has 2 rings (SSSR count). The molecule has 0 atom stereocenters. The van der Waals surface area contributed by atoms with Gasteiger partial charge in [-0.2, -0.15) is 0 Å². The second kappa shape index (κ2) is 7.33. The van der Waals surface area contributed by atoms with Crippen molar-refractivity contribution in [2.45, 2.75) is 0 Å². The van der Waals surface area contributed by atoms with Crippen molar-refractivity contribution in [3.05, 3.63) is 23.1 Å². The van der Waals surface area contributed by atoms with Crippen LogP contribution in [0.15, 0.2) is 16.5 Å². The molecule has 1 aromatic rings. The minimum atomic E-state index is -0.207. The Balaban J connectivity index is 1.80. The monoisotopic (exact) mass is 315 g/mol. The highest BCUT2D eigenvalue weighted by atomic mass is 35.5. The van der Waals surface area contributed by atoms with Crippen molar-refractivity contribution < 1.29 is 18.7 Å². The molecule has 1 aromatic heterocycles. The zero-order valence-electron chi connectivity index (χ0n) is 11.8. The third-order valence-corrected chi connectivity index (χ3v) is 3.42. The maximum Gasteiger partial charge on any atom is 0.317 e. The summed E-state index contributed by atoms with van der Waals surface area (Å²) in [6.45, 7) is 2.85. The molecule has 0 spiro atoms. The number of piperazine rings is 1. The van der Waals surface area contributed by atoms with E-state index >= 15 is 0 Å². The Hall–Kier alpha value is -1.73. The topological polar surface area (TPSA) is 75.0 Å². The van der Waals surface area contributed by atoms with Gasteiger partial charge in [0.05, 0.1) is 6.61 Å². The molecule has 0 radical (unpaired) electrons. The van der Waals surface area contributed by atoms with Gasteiger partial charge in [-0.15, -0.1) is 0 Å². The summed E-state index contributed by atoms with van der Waals surface area (Å²) in [5, 5.41) is 2.94. The number of carbonyl (C=O) groups excluding carboxylic acids is 2. The summed E-state index contributed by atoms with van der Waals surface area (Å²) in [5.41, 5.74) is 0. The highest BCUT2D eigenvalue weighted by Crippen LogP contribution is 2.16. The van der Waals surface area contributed by atoms with E-state index in [0.717, 1.165) is 0 Å². The molecule has 1 aliphatic rings. The summed E-state index contributed by atoms with van der Waals surface area (Å²) in [4.78, 5) is 27.3. The molecule has 0 unspecified atom stereocenters. The van der Waals surface area contributed by atoms with Gasteiger partial charge in [0, 0.05) is 39.8 Å². The van der Waals surface area contributed by atoms with Crippen molar-refractivity contribution in [3.63, 3.8) is 0 Å². The minimum Gasteiger partial charge on any atom is -0.440 e. The number of rotatable bonds is 4. The van der Waals surface area contributed by atoms with Gasteiger partial charge in [-0.1, -0.05) is 0 Å². The Labute approximate surface area is 127 Å². The van der Waals surface area contributed by atoms with E-state index < -0.39 is 0 Å². The van der Waals surface area contributed by atoms with Gasteiger partial charge in [-0.05, 0) is 23.7 Å². The lowest BCUT2D eigenvalue weighted by atomic mass is 10.3. The number of furan rings is 1. The Morgan fingerprint density at radius 3 is 2.52 bits per heavy atom. The lowest BCUT2D eigenvalue weighted by molar-refractivity contribution is 0.0633. The van der Waals surface area contributed by atoms with Crippen LogP contribution in [0.25, 0.3) is 0 Å². The SMILES string of the molecule is COCCNC(=O)N1CCN(C(=O)c2ccc(Cl)o2)CC1. The summed E-state index contributed by atoms with van der Waals surface area (Å²) < 4.78 is 9.98. The molecule has 8 heteroatoms. The van der Waals surface area contributed by atoms with Crippen LogP contribution >= 0.6 is 11.6 Å². The zero-order valence-corrected chi connectivity index (χ0v) is 12.6. The predicted molar refractivity (Wildman–Crippen MR) is 76.5 cm³/mol. The molecule has 1 aliphatic heterocycles. The molecule has 0 aromatic carbocycles. The molecule has 0 saturated carbocycles. The number of nitrogens with one attached hydrogen (secondary N) is 1. The molecule has 116 valence electrons. The van der Waals surface area contributed by atoms with Crippen molar-refractivity contribution >= 4 is 23.5 Å². The van der Waals surface area contributed by atoms with Crippen LogP contribution in [0.5, 0.6) is 0 Å². The second-order valence-corrected chi connectivity index (χ2v) is 4.98. The Kier molecular flexibility index (Phi) is 5.46. The number of halogens is 1. The fourth-order valence-electron chi connectivity index (χ4n) is 2.07. The highest BCUT2D eigenvalue weighted by Gasteiger charge is 2.26. The number of nitrogens with zero attached hydrogens (tertiary/aromatic N) is 2. The first-order valence-corrected chi connectivity index (χ1v) is 7.06. The number of hydrogen-bond acceptors (Lipinski definition) is 4. The van der Waals surface area contributed by atoms with E-state index in [2.05, 4.69) is 5.32 Å². The van der Waals surface area contributed by atoms with Crippen LogP contribution in [0.4, 0.5) is 4.79 Å². The van der Waals surface area contributed by atoms with Crippen LogP contribution in [-0.4, -0.2) is 68.2 Å². The van der Waals surface area contributed by atoms with Crippen molar-refractivity contribution in [1.82, 2.24) is 15.1 Å². The first-order chi connectivity index (χ1) is 10.1. The molecular formula is C13H18ClN3O4. The van der Waals surface area contributed by atoms with E-state index in [0.29, 0.717) is 39.3 Å². The molecule has 1 fully saturated rings. The van der Waals surface area contributed by atoms with E-state index in [-0.39, 0.29) is 22.9 Å². The van der Waals surface area contributed by atoms with E-state index in [1.807, 2.05) is 0 Å². The maximum absolute atomic E-state index is 12.1. The van der Waals surface area contributed by atoms with Crippen molar-refractivity contribution in [2.24, 2.45) is 0 Å². The van der Waals surface area contributed by atoms with Gasteiger partial charge >= 0.3 is 6.03 Å². The molecule has 1 saturated heterocycles. The highest BCUT2D eigenvalue weighted by molar-refractivity contribution is 6.29. The summed E-state index contributed by atoms with van der Waals surface area (Å²) in [7, 11) is 1.58. The van der Waals surface area contributed by atoms with Crippen LogP contribution in [0, 0.1) is 0 Å². The van der Waals surface area contributed by atoms with Crippen LogP contribution in [0.3, 0.4) is 0 Å². The quantitative estimate of drug-likeness (QED) is 0.843. The number of carbonyl (C=O) groups is 2. The number of ether oxygens (including phenoxy) is 1. The van der Waals surface area contributed by atoms with Gasteiger partial charge in [-0.25, -0.2) is 4.79 Å². The van der Waals surface area contributed by atoms with Gasteiger partial charge < -0.3 is 24.3 Å². The third-order valence-electron chi connectivity index (χ3n) is 3.22. The van der Waals surface area contributed by atoms with Crippen LogP contribution in [0.2, 0.25) is 5.22 Å². The van der Waals surface area contributed by atoms with Gasteiger partial charge in [0.2, 0.25) is 0 Å². The molecule has 0 aliphatic carbocycles. The fraction of sp³-hybridized carbons (Fsp3) is 0.538. The summed E-state index contributed by atoms with van der Waals surface area (Å²) >= 11 is 5.66. The van der Waals surface area contributed by atoms with Crippen molar-refractivity contribution in [2.75, 3.05) is 46.4 Å². The van der Waals surface area contributed by atoms with Crippen molar-refractivity contribution in [1.29, 1.82) is 0 Å². The third kappa shape index (κ3) is 4.12. The largest absolute Gasteiger partial charge is 0.440 e. The summed E-state index contributed by atoms with van der Waals surface area (Å²) in [6.07, 6.45) is 0. The fourth-order valence-corrected chi connectivity index (χ4v) is 2.22. The number of methoxy groups -OCH3 is 1. The normalized spacial score (nSPS) is 15.1. The summed E-state index contributed by atoms with van der Waals surface area (Å²) in [6, 6.07) is 2.95. The molecule has 1 N–H and O–H groups in total. The Bertz CT molecular complexity index is 497. The first-order valence-electron chi connectivity index (χ1n) is 6.68. The average Bonchev–Trinajstić information content (AvgIpc) is 2.93. The van der Waals surface area contributed by atoms with Gasteiger partial charge in [0.25, 0.3) is 5.91 Å². The molecule has 2 heterocycles. The lowest BCUT2D eigenvalue weighted by Gasteiger charge is -2.34. The molecular weight excluding hydrogens is 298 g/mol. The zero-order chi connectivity index (χ0) is 15.2. The van der Waals surface area contributed by atoms with E-state index in [1.165, 1.54) is 6.07 Å². The van der Waals surface area contributed by atoms with Gasteiger partial charge in [-0.3, -0.25) is 4.79 Å². The molecule has 0 bridgehead atoms. The lowest BCUT2D eigenvalue weighted by Crippen LogP contribution is -2.53. The molecule has 21 heavy (non-hydrogen) atoms. The Morgan fingerprint density at radius 1 is 1.29 bits per heavy atom. The van der Waals surface area contributed by atoms with Crippen LogP contribution < -0.4 is 5.32 Å². The molecule has 3 amide bonds. The van der Waals surface area contributed by atoms with Gasteiger partial charge in [0.1, 0.15) is 0 Å². The van der Waals surface area contributed by atoms with E-state index in [4.69, 9.17) is 20.8 Å². The predicted octanol–water partition coefficient (Wildman–Crippen LogP) is 1.05. The number of amides is 3. The summed E-state index contributed by atoms with van der Waals surface area (Å²) in [5.74, 6) is 0.0133.